The van der Waals surface area contributed by atoms with Gasteiger partial charge < -0.3 is 9.62 Å². The number of carbonyl (C=O) groups excluding carboxylic acids is 1. The molecule has 2 atom stereocenters. The number of aryl methyl sites for hydroxylation is 1. The molecule has 1 saturated heterocycles. The van der Waals surface area contributed by atoms with Gasteiger partial charge in [-0.2, -0.15) is 0 Å². The Morgan fingerprint density at radius 3 is 2.52 bits per heavy atom. The van der Waals surface area contributed by atoms with Gasteiger partial charge in [0.05, 0.1) is 0 Å². The van der Waals surface area contributed by atoms with Crippen LogP contribution in [-0.4, -0.2) is 36.6 Å². The lowest BCUT2D eigenvalue weighted by Gasteiger charge is -2.27. The molecule has 1 heterocycles. The largest absolute Gasteiger partial charge is 0.330 e. The molecule has 0 amide bonds. The average Bonchev–Trinajstić information content (AvgIpc) is 3.11. The maximum atomic E-state index is 11.4. The number of hydrogen-bond donors (Lipinski definition) is 1. The number of piperidine rings is 1. The fourth-order valence-corrected chi connectivity index (χ4v) is 5.92. The maximum absolute atomic E-state index is 11.4. The van der Waals surface area contributed by atoms with E-state index in [0.717, 1.165) is 23.8 Å². The first kappa shape index (κ1) is 20.5. The van der Waals surface area contributed by atoms with Gasteiger partial charge in [0.25, 0.3) is 0 Å². The molecule has 2 aliphatic rings. The molecule has 2 aromatic rings. The van der Waals surface area contributed by atoms with Crippen LogP contribution in [0.1, 0.15) is 48.2 Å². The van der Waals surface area contributed by atoms with Gasteiger partial charge in [-0.25, -0.2) is 0 Å². The molecule has 154 valence electrons. The first-order valence-electron chi connectivity index (χ1n) is 10.8. The van der Waals surface area contributed by atoms with E-state index in [1.165, 1.54) is 49.3 Å². The lowest BCUT2D eigenvalue weighted by Crippen LogP contribution is -2.31. The average molecular weight is 409 g/mol. The Hall–Kier alpha value is -1.78. The highest BCUT2D eigenvalue weighted by Gasteiger charge is 2.67. The Morgan fingerprint density at radius 1 is 1.17 bits per heavy atom. The predicted octanol–water partition coefficient (Wildman–Crippen LogP) is 5.42. The first-order chi connectivity index (χ1) is 14.1. The summed E-state index contributed by atoms with van der Waals surface area (Å²) >= 11 is 1.66. The van der Waals surface area contributed by atoms with E-state index < -0.39 is 0 Å². The number of nitrogens with one attached hydrogen (secondary N) is 1. The molecule has 1 N–H and O–H groups in total. The van der Waals surface area contributed by atoms with Gasteiger partial charge in [0.1, 0.15) is 0 Å². The third-order valence-electron chi connectivity index (χ3n) is 7.11. The molecule has 1 saturated carbocycles. The van der Waals surface area contributed by atoms with Crippen LogP contribution in [0.15, 0.2) is 48.5 Å². The summed E-state index contributed by atoms with van der Waals surface area (Å²) in [6.45, 7) is 7.64. The fourth-order valence-electron chi connectivity index (χ4n) is 5.56. The molecule has 1 aliphatic carbocycles. The van der Waals surface area contributed by atoms with Crippen LogP contribution in [0.2, 0.25) is 0 Å². The van der Waals surface area contributed by atoms with E-state index in [4.69, 9.17) is 0 Å². The highest BCUT2D eigenvalue weighted by molar-refractivity contribution is 7.99. The SMILES string of the molecule is CCC1(c2cccc(NSC)c2)C2CN(CCCc3ccc(C(C)=O)cc3)CC21. The summed E-state index contributed by atoms with van der Waals surface area (Å²) in [6.07, 6.45) is 5.58. The summed E-state index contributed by atoms with van der Waals surface area (Å²) in [5.41, 5.74) is 5.29. The number of likely N-dealkylation sites (tertiary alicyclic amines) is 1. The van der Waals surface area contributed by atoms with E-state index >= 15 is 0 Å². The lowest BCUT2D eigenvalue weighted by atomic mass is 9.87. The number of rotatable bonds is 9. The number of hydrogen-bond acceptors (Lipinski definition) is 4. The van der Waals surface area contributed by atoms with Crippen molar-refractivity contribution in [2.75, 3.05) is 30.6 Å². The molecule has 0 spiro atoms. The number of fused-ring (bicyclic) bond motifs is 1. The number of Topliss-reactive ketones (excluding diaryl/α,β-unsaturated/α-hetero) is 1. The van der Waals surface area contributed by atoms with Crippen LogP contribution >= 0.6 is 11.9 Å². The Kier molecular flexibility index (Phi) is 6.03. The van der Waals surface area contributed by atoms with E-state index in [1.54, 1.807) is 18.9 Å². The van der Waals surface area contributed by atoms with Gasteiger partial charge in [-0.05, 0) is 67.8 Å². The normalized spacial score (nSPS) is 25.6. The molecule has 1 aliphatic heterocycles. The maximum Gasteiger partial charge on any atom is 0.159 e. The second-order valence-corrected chi connectivity index (χ2v) is 9.22. The van der Waals surface area contributed by atoms with Crippen molar-refractivity contribution in [1.29, 1.82) is 0 Å². The third-order valence-corrected chi connectivity index (χ3v) is 7.55. The predicted molar refractivity (Wildman–Crippen MR) is 124 cm³/mol. The van der Waals surface area contributed by atoms with Crippen molar-refractivity contribution in [1.82, 2.24) is 4.90 Å². The summed E-state index contributed by atoms with van der Waals surface area (Å²) in [4.78, 5) is 14.1. The van der Waals surface area contributed by atoms with E-state index in [9.17, 15) is 4.79 Å². The number of ketones is 1. The van der Waals surface area contributed by atoms with Crippen LogP contribution in [0.25, 0.3) is 0 Å². The minimum atomic E-state index is 0.141. The van der Waals surface area contributed by atoms with Gasteiger partial charge in [-0.15, -0.1) is 0 Å². The van der Waals surface area contributed by atoms with Crippen LogP contribution in [0.5, 0.6) is 0 Å². The minimum absolute atomic E-state index is 0.141. The first-order valence-corrected chi connectivity index (χ1v) is 12.0. The second kappa shape index (κ2) is 8.53. The molecular formula is C25H32N2OS. The molecule has 2 unspecified atom stereocenters. The van der Waals surface area contributed by atoms with E-state index in [1.807, 2.05) is 12.1 Å². The van der Waals surface area contributed by atoms with Crippen molar-refractivity contribution in [2.24, 2.45) is 11.8 Å². The number of carbonyl (C=O) groups is 1. The Bertz CT molecular complexity index is 851. The number of anilines is 1. The summed E-state index contributed by atoms with van der Waals surface area (Å²) in [6, 6.07) is 17.2. The van der Waals surface area contributed by atoms with Crippen LogP contribution in [-0.2, 0) is 11.8 Å². The topological polar surface area (TPSA) is 32.3 Å². The monoisotopic (exact) mass is 408 g/mol. The molecule has 3 nitrogen and oxygen atoms in total. The van der Waals surface area contributed by atoms with Crippen molar-refractivity contribution >= 4 is 23.4 Å². The molecular weight excluding hydrogens is 376 g/mol. The molecule has 2 fully saturated rings. The van der Waals surface area contributed by atoms with Crippen molar-refractivity contribution in [3.8, 4) is 0 Å². The minimum Gasteiger partial charge on any atom is -0.330 e. The van der Waals surface area contributed by atoms with E-state index in [-0.39, 0.29) is 5.78 Å². The van der Waals surface area contributed by atoms with Crippen molar-refractivity contribution in [2.45, 2.75) is 38.5 Å². The van der Waals surface area contributed by atoms with Crippen molar-refractivity contribution < 1.29 is 4.79 Å². The van der Waals surface area contributed by atoms with Crippen LogP contribution < -0.4 is 4.72 Å². The number of benzene rings is 2. The van der Waals surface area contributed by atoms with Gasteiger partial charge in [-0.3, -0.25) is 4.79 Å². The van der Waals surface area contributed by atoms with Crippen LogP contribution in [0, 0.1) is 11.8 Å². The standard InChI is InChI=1S/C25H32N2OS/c1-4-25(21-8-5-9-22(15-21)26-29-3)23-16-27(17-24(23)25)14-6-7-19-10-12-20(13-11-19)18(2)28/h5,8-13,15,23-24,26H,4,6-7,14,16-17H2,1-3H3. The summed E-state index contributed by atoms with van der Waals surface area (Å²) in [7, 11) is 0. The zero-order valence-corrected chi connectivity index (χ0v) is 18.6. The van der Waals surface area contributed by atoms with E-state index in [0.29, 0.717) is 5.41 Å². The van der Waals surface area contributed by atoms with Crippen LogP contribution in [0.3, 0.4) is 0 Å². The van der Waals surface area contributed by atoms with Crippen molar-refractivity contribution in [3.05, 3.63) is 65.2 Å². The van der Waals surface area contributed by atoms with Crippen LogP contribution in [0.4, 0.5) is 5.69 Å². The van der Waals surface area contributed by atoms with Crippen molar-refractivity contribution in [3.63, 3.8) is 0 Å². The highest BCUT2D eigenvalue weighted by atomic mass is 32.2. The number of nitrogens with zero attached hydrogens (tertiary/aromatic N) is 1. The van der Waals surface area contributed by atoms with Gasteiger partial charge in [0.15, 0.2) is 5.78 Å². The quantitative estimate of drug-likeness (QED) is 0.443. The molecule has 4 heteroatoms. The Morgan fingerprint density at radius 2 is 1.90 bits per heavy atom. The molecule has 0 aromatic heterocycles. The highest BCUT2D eigenvalue weighted by Crippen LogP contribution is 2.65. The van der Waals surface area contributed by atoms with Gasteiger partial charge in [0.2, 0.25) is 0 Å². The summed E-state index contributed by atoms with van der Waals surface area (Å²) < 4.78 is 3.39. The molecule has 29 heavy (non-hydrogen) atoms. The molecule has 4 rings (SSSR count). The van der Waals surface area contributed by atoms with E-state index in [2.05, 4.69) is 59.2 Å². The fraction of sp³-hybridized carbons (Fsp3) is 0.480. The zero-order valence-electron chi connectivity index (χ0n) is 17.8. The Balaban J connectivity index is 1.30. The third kappa shape index (κ3) is 3.97. The molecule has 0 radical (unpaired) electrons. The molecule has 2 aromatic carbocycles. The molecule has 0 bridgehead atoms. The smallest absolute Gasteiger partial charge is 0.159 e. The van der Waals surface area contributed by atoms with Gasteiger partial charge in [-0.1, -0.05) is 55.3 Å². The van der Waals surface area contributed by atoms with Gasteiger partial charge >= 0.3 is 0 Å². The Labute approximate surface area is 179 Å². The van der Waals surface area contributed by atoms with Gasteiger partial charge in [0, 0.05) is 36.0 Å². The summed E-state index contributed by atoms with van der Waals surface area (Å²) in [5, 5.41) is 0. The summed E-state index contributed by atoms with van der Waals surface area (Å²) in [5.74, 6) is 1.76. The lowest BCUT2D eigenvalue weighted by molar-refractivity contribution is 0.101. The zero-order chi connectivity index (χ0) is 20.4. The second-order valence-electron chi connectivity index (χ2n) is 8.61.